The summed E-state index contributed by atoms with van der Waals surface area (Å²) in [6.45, 7) is 0. The first-order chi connectivity index (χ1) is 35.2. The van der Waals surface area contributed by atoms with Crippen LogP contribution in [-0.2, 0) is 0 Å². The molecule has 0 atom stereocenters. The van der Waals surface area contributed by atoms with E-state index in [9.17, 15) is 0 Å². The van der Waals surface area contributed by atoms with E-state index >= 15 is 0 Å². The fraction of sp³-hybridized carbons (Fsp3) is 0. The van der Waals surface area contributed by atoms with E-state index in [0.717, 1.165) is 77.9 Å². The van der Waals surface area contributed by atoms with Crippen molar-refractivity contribution in [2.24, 2.45) is 0 Å². The van der Waals surface area contributed by atoms with Gasteiger partial charge in [0.2, 0.25) is 0 Å². The molecule has 0 unspecified atom stereocenters. The van der Waals surface area contributed by atoms with E-state index in [1.54, 1.807) is 0 Å². The number of para-hydroxylation sites is 5. The molecule has 14 aromatic rings. The Balaban J connectivity index is 0.893. The Hall–Kier alpha value is -9.44. The van der Waals surface area contributed by atoms with Crippen molar-refractivity contribution >= 4 is 82.4 Å². The van der Waals surface area contributed by atoms with E-state index in [2.05, 4.69) is 276 Å². The quantitative estimate of drug-likeness (QED) is 0.151. The Bertz CT molecular complexity index is 4270. The van der Waals surface area contributed by atoms with Crippen molar-refractivity contribution in [2.75, 3.05) is 4.90 Å². The van der Waals surface area contributed by atoms with E-state index in [1.807, 2.05) is 0 Å². The lowest BCUT2D eigenvalue weighted by atomic mass is 9.96. The number of benzene rings is 12. The zero-order valence-electron chi connectivity index (χ0n) is 38.7. The second-order valence-corrected chi connectivity index (χ2v) is 18.4. The highest BCUT2D eigenvalue weighted by molar-refractivity contribution is 6.14. The molecular formula is C68H44N2O. The molecule has 0 bridgehead atoms. The number of fused-ring (bicyclic) bond motifs is 8. The van der Waals surface area contributed by atoms with E-state index in [1.165, 1.54) is 54.7 Å². The van der Waals surface area contributed by atoms with Gasteiger partial charge in [0.25, 0.3) is 0 Å². The van der Waals surface area contributed by atoms with Gasteiger partial charge >= 0.3 is 0 Å². The van der Waals surface area contributed by atoms with Gasteiger partial charge in [-0.3, -0.25) is 0 Å². The summed E-state index contributed by atoms with van der Waals surface area (Å²) in [4.78, 5) is 2.39. The number of nitrogens with zero attached hydrogens (tertiary/aromatic N) is 2. The van der Waals surface area contributed by atoms with Crippen LogP contribution >= 0.6 is 0 Å². The van der Waals surface area contributed by atoms with Gasteiger partial charge in [0, 0.05) is 49.6 Å². The lowest BCUT2D eigenvalue weighted by molar-refractivity contribution is 0.670. The van der Waals surface area contributed by atoms with E-state index in [0.29, 0.717) is 0 Å². The molecule has 14 rings (SSSR count). The van der Waals surface area contributed by atoms with Crippen molar-refractivity contribution in [2.45, 2.75) is 0 Å². The number of rotatable bonds is 8. The van der Waals surface area contributed by atoms with Crippen molar-refractivity contribution in [1.82, 2.24) is 4.57 Å². The van der Waals surface area contributed by atoms with Gasteiger partial charge in [0.1, 0.15) is 11.2 Å². The number of hydrogen-bond acceptors (Lipinski definition) is 2. The zero-order valence-corrected chi connectivity index (χ0v) is 38.7. The van der Waals surface area contributed by atoms with Gasteiger partial charge in [-0.2, -0.15) is 0 Å². The average Bonchev–Trinajstić information content (AvgIpc) is 3.98. The Morgan fingerprint density at radius 1 is 0.296 bits per heavy atom. The summed E-state index contributed by atoms with van der Waals surface area (Å²) in [6.07, 6.45) is 0. The third-order valence-electron chi connectivity index (χ3n) is 14.4. The van der Waals surface area contributed by atoms with Crippen LogP contribution < -0.4 is 4.90 Å². The molecule has 2 aromatic heterocycles. The first-order valence-electron chi connectivity index (χ1n) is 24.3. The average molecular weight is 905 g/mol. The highest BCUT2D eigenvalue weighted by atomic mass is 16.3. The van der Waals surface area contributed by atoms with Gasteiger partial charge in [0.05, 0.1) is 22.4 Å². The predicted molar refractivity (Wildman–Crippen MR) is 299 cm³/mol. The van der Waals surface area contributed by atoms with Crippen molar-refractivity contribution < 1.29 is 4.42 Å². The minimum Gasteiger partial charge on any atom is -0.455 e. The molecule has 0 radical (unpaired) electrons. The van der Waals surface area contributed by atoms with Crippen LogP contribution in [0.25, 0.3) is 115 Å². The molecule has 71 heavy (non-hydrogen) atoms. The zero-order chi connectivity index (χ0) is 46.8. The Morgan fingerprint density at radius 3 is 1.48 bits per heavy atom. The Morgan fingerprint density at radius 2 is 0.761 bits per heavy atom. The standard InChI is InChI=1S/C68H44N2O/c1-2-17-51-44-67-62(43-50(51)16-1)61-26-14-25-60(68(61)71-67)59-23-8-10-28-64(59)69(52-39-35-46(36-40-52)45-31-33-48(34-32-45)55-24-13-18-47-15-3-4-19-54(47)55)53-41-37-49(38-42-53)56-20-5-9-27-63(56)70-65-29-11-6-21-57(65)58-22-7-12-30-66(58)70/h1-44H. The summed E-state index contributed by atoms with van der Waals surface area (Å²) < 4.78 is 9.27. The molecule has 3 heteroatoms. The SMILES string of the molecule is c1ccc(N(c2ccc(-c3ccc(-c4cccc5ccccc45)cc3)cc2)c2ccc(-c3ccccc3-n3c4ccccc4c4ccccc43)cc2)c(-c2cccc3c2oc2cc4ccccc4cc23)c1. The smallest absolute Gasteiger partial charge is 0.143 e. The maximum Gasteiger partial charge on any atom is 0.143 e. The van der Waals surface area contributed by atoms with Crippen LogP contribution in [0.2, 0.25) is 0 Å². The molecule has 0 spiro atoms. The number of anilines is 3. The van der Waals surface area contributed by atoms with Gasteiger partial charge in [-0.05, 0) is 110 Å². The first kappa shape index (κ1) is 40.6. The molecule has 2 heterocycles. The largest absolute Gasteiger partial charge is 0.455 e. The Kier molecular flexibility index (Phi) is 9.53. The first-order valence-corrected chi connectivity index (χ1v) is 24.3. The van der Waals surface area contributed by atoms with Crippen LogP contribution in [0.1, 0.15) is 0 Å². The molecular weight excluding hydrogens is 861 g/mol. The maximum absolute atomic E-state index is 6.85. The van der Waals surface area contributed by atoms with Gasteiger partial charge < -0.3 is 13.9 Å². The van der Waals surface area contributed by atoms with Crippen LogP contribution in [0.5, 0.6) is 0 Å². The molecule has 3 nitrogen and oxygen atoms in total. The van der Waals surface area contributed by atoms with Crippen LogP contribution in [0.4, 0.5) is 17.1 Å². The number of furan rings is 1. The lowest BCUT2D eigenvalue weighted by Crippen LogP contribution is -2.11. The van der Waals surface area contributed by atoms with Crippen LogP contribution in [0.3, 0.4) is 0 Å². The predicted octanol–water partition coefficient (Wildman–Crippen LogP) is 19.1. The molecule has 0 saturated carbocycles. The summed E-state index contributed by atoms with van der Waals surface area (Å²) in [5.41, 5.74) is 17.6. The fourth-order valence-electron chi connectivity index (χ4n) is 11.0. The van der Waals surface area contributed by atoms with E-state index in [4.69, 9.17) is 4.42 Å². The number of aromatic nitrogens is 1. The molecule has 0 aliphatic carbocycles. The van der Waals surface area contributed by atoms with Crippen molar-refractivity contribution in [3.8, 4) is 50.2 Å². The summed E-state index contributed by atoms with van der Waals surface area (Å²) in [5.74, 6) is 0. The molecule has 12 aromatic carbocycles. The topological polar surface area (TPSA) is 21.3 Å². The third kappa shape index (κ3) is 6.82. The van der Waals surface area contributed by atoms with E-state index < -0.39 is 0 Å². The monoisotopic (exact) mass is 904 g/mol. The molecule has 332 valence electrons. The third-order valence-corrected chi connectivity index (χ3v) is 14.4. The minimum absolute atomic E-state index is 0.879. The van der Waals surface area contributed by atoms with Gasteiger partial charge in [-0.15, -0.1) is 0 Å². The number of hydrogen-bond donors (Lipinski definition) is 0. The van der Waals surface area contributed by atoms with Gasteiger partial charge in [0.15, 0.2) is 0 Å². The van der Waals surface area contributed by atoms with Crippen LogP contribution in [-0.4, -0.2) is 4.57 Å². The molecule has 0 amide bonds. The second kappa shape index (κ2) is 16.7. The highest BCUT2D eigenvalue weighted by Crippen LogP contribution is 2.46. The molecule has 0 aliphatic rings. The minimum atomic E-state index is 0.879. The molecule has 0 fully saturated rings. The second-order valence-electron chi connectivity index (χ2n) is 18.4. The van der Waals surface area contributed by atoms with Crippen LogP contribution in [0, 0.1) is 0 Å². The molecule has 0 saturated heterocycles. The maximum atomic E-state index is 6.85. The lowest BCUT2D eigenvalue weighted by Gasteiger charge is -2.28. The summed E-state index contributed by atoms with van der Waals surface area (Å²) in [7, 11) is 0. The van der Waals surface area contributed by atoms with E-state index in [-0.39, 0.29) is 0 Å². The highest BCUT2D eigenvalue weighted by Gasteiger charge is 2.22. The summed E-state index contributed by atoms with van der Waals surface area (Å²) in [6, 6.07) is 96.6. The van der Waals surface area contributed by atoms with Gasteiger partial charge in [-0.1, -0.05) is 206 Å². The fourth-order valence-corrected chi connectivity index (χ4v) is 11.0. The van der Waals surface area contributed by atoms with Gasteiger partial charge in [-0.25, -0.2) is 0 Å². The van der Waals surface area contributed by atoms with Crippen LogP contribution in [0.15, 0.2) is 271 Å². The summed E-state index contributed by atoms with van der Waals surface area (Å²) >= 11 is 0. The molecule has 0 aliphatic heterocycles. The van der Waals surface area contributed by atoms with Crippen molar-refractivity contribution in [1.29, 1.82) is 0 Å². The molecule has 0 N–H and O–H groups in total. The summed E-state index contributed by atoms with van der Waals surface area (Å²) in [5, 5.41) is 9.59. The Labute approximate surface area is 411 Å². The normalized spacial score (nSPS) is 11.7. The van der Waals surface area contributed by atoms with Crippen molar-refractivity contribution in [3.63, 3.8) is 0 Å². The van der Waals surface area contributed by atoms with Crippen molar-refractivity contribution in [3.05, 3.63) is 267 Å².